The van der Waals surface area contributed by atoms with Gasteiger partial charge in [-0.15, -0.1) is 12.4 Å². The van der Waals surface area contributed by atoms with Crippen molar-refractivity contribution in [1.82, 2.24) is 5.32 Å². The van der Waals surface area contributed by atoms with Crippen LogP contribution in [0.2, 0.25) is 0 Å². The summed E-state index contributed by atoms with van der Waals surface area (Å²) in [7, 11) is 0. The van der Waals surface area contributed by atoms with Crippen LogP contribution in [0.1, 0.15) is 24.1 Å². The summed E-state index contributed by atoms with van der Waals surface area (Å²) < 4.78 is 13.6. The smallest absolute Gasteiger partial charge is 0.137 e. The van der Waals surface area contributed by atoms with E-state index in [9.17, 15) is 4.39 Å². The van der Waals surface area contributed by atoms with E-state index in [4.69, 9.17) is 0 Å². The first kappa shape index (κ1) is 11.0. The third kappa shape index (κ3) is 1.87. The van der Waals surface area contributed by atoms with Crippen molar-refractivity contribution >= 4 is 28.3 Å². The molecule has 0 fully saturated rings. The fourth-order valence-electron chi connectivity index (χ4n) is 1.53. The standard InChI is InChI=1S/C9H9BrFN.ClH/c1-5-7-3-8(10)9(11)2-6(7)4-12-5;/h2-3,5,12H,4H2,1H3;1H. The quantitative estimate of drug-likeness (QED) is 0.760. The van der Waals surface area contributed by atoms with E-state index in [1.54, 1.807) is 6.07 Å². The molecule has 72 valence electrons. The Labute approximate surface area is 91.3 Å². The van der Waals surface area contributed by atoms with Crippen molar-refractivity contribution in [2.24, 2.45) is 0 Å². The summed E-state index contributed by atoms with van der Waals surface area (Å²) in [5, 5.41) is 3.25. The van der Waals surface area contributed by atoms with Crippen LogP contribution in [0.5, 0.6) is 0 Å². The summed E-state index contributed by atoms with van der Waals surface area (Å²) in [6, 6.07) is 3.79. The van der Waals surface area contributed by atoms with Gasteiger partial charge in [0, 0.05) is 12.6 Å². The van der Waals surface area contributed by atoms with Crippen LogP contribution in [0.15, 0.2) is 16.6 Å². The van der Waals surface area contributed by atoms with Crippen LogP contribution >= 0.6 is 28.3 Å². The molecule has 1 unspecified atom stereocenters. The highest BCUT2D eigenvalue weighted by atomic mass is 79.9. The zero-order valence-corrected chi connectivity index (χ0v) is 9.51. The van der Waals surface area contributed by atoms with E-state index in [-0.39, 0.29) is 18.2 Å². The van der Waals surface area contributed by atoms with Crippen molar-refractivity contribution in [3.63, 3.8) is 0 Å². The number of hydrogen-bond acceptors (Lipinski definition) is 1. The Kier molecular flexibility index (Phi) is 3.33. The van der Waals surface area contributed by atoms with Crippen LogP contribution in [0.4, 0.5) is 4.39 Å². The number of fused-ring (bicyclic) bond motifs is 1. The maximum absolute atomic E-state index is 13.0. The zero-order valence-electron chi connectivity index (χ0n) is 7.10. The maximum Gasteiger partial charge on any atom is 0.137 e. The van der Waals surface area contributed by atoms with Gasteiger partial charge in [0.25, 0.3) is 0 Å². The molecule has 0 aliphatic carbocycles. The molecule has 0 saturated carbocycles. The average Bonchev–Trinajstić information content (AvgIpc) is 2.35. The second-order valence-electron chi connectivity index (χ2n) is 3.07. The van der Waals surface area contributed by atoms with Crippen LogP contribution in [0.3, 0.4) is 0 Å². The zero-order chi connectivity index (χ0) is 8.72. The van der Waals surface area contributed by atoms with Crippen molar-refractivity contribution in [2.45, 2.75) is 19.5 Å². The van der Waals surface area contributed by atoms with Gasteiger partial charge in [-0.2, -0.15) is 0 Å². The number of halogens is 3. The van der Waals surface area contributed by atoms with E-state index in [0.29, 0.717) is 10.5 Å². The first-order valence-electron chi connectivity index (χ1n) is 3.89. The second-order valence-corrected chi connectivity index (χ2v) is 3.92. The lowest BCUT2D eigenvalue weighted by atomic mass is 10.1. The molecular formula is C9H10BrClFN. The van der Waals surface area contributed by atoms with Crippen molar-refractivity contribution in [1.29, 1.82) is 0 Å². The number of nitrogens with one attached hydrogen (secondary N) is 1. The molecule has 1 atom stereocenters. The van der Waals surface area contributed by atoms with Crippen LogP contribution < -0.4 is 5.32 Å². The van der Waals surface area contributed by atoms with E-state index in [2.05, 4.69) is 28.2 Å². The van der Waals surface area contributed by atoms with Crippen molar-refractivity contribution in [3.8, 4) is 0 Å². The minimum absolute atomic E-state index is 0. The number of benzene rings is 1. The molecule has 0 bridgehead atoms. The molecular weight excluding hydrogens is 256 g/mol. The molecule has 0 saturated heterocycles. The Morgan fingerprint density at radius 3 is 2.92 bits per heavy atom. The van der Waals surface area contributed by atoms with E-state index < -0.39 is 0 Å². The molecule has 1 aromatic rings. The number of hydrogen-bond donors (Lipinski definition) is 1. The molecule has 1 heterocycles. The van der Waals surface area contributed by atoms with Gasteiger partial charge in [0.15, 0.2) is 0 Å². The molecule has 2 rings (SSSR count). The Morgan fingerprint density at radius 2 is 2.23 bits per heavy atom. The Balaban J connectivity index is 0.000000845. The SMILES string of the molecule is CC1NCc2cc(F)c(Br)cc21.Cl. The monoisotopic (exact) mass is 265 g/mol. The van der Waals surface area contributed by atoms with Gasteiger partial charge in [-0.1, -0.05) is 0 Å². The first-order valence-corrected chi connectivity index (χ1v) is 4.69. The molecule has 1 N–H and O–H groups in total. The van der Waals surface area contributed by atoms with Crippen LogP contribution in [-0.2, 0) is 6.54 Å². The van der Waals surface area contributed by atoms with Crippen molar-refractivity contribution in [3.05, 3.63) is 33.5 Å². The van der Waals surface area contributed by atoms with Gasteiger partial charge >= 0.3 is 0 Å². The van der Waals surface area contributed by atoms with Crippen LogP contribution in [0, 0.1) is 5.82 Å². The van der Waals surface area contributed by atoms with Gasteiger partial charge in [0.2, 0.25) is 0 Å². The lowest BCUT2D eigenvalue weighted by Crippen LogP contribution is -2.06. The highest BCUT2D eigenvalue weighted by Crippen LogP contribution is 2.29. The Morgan fingerprint density at radius 1 is 1.54 bits per heavy atom. The molecule has 1 aromatic carbocycles. The fraction of sp³-hybridized carbons (Fsp3) is 0.333. The first-order chi connectivity index (χ1) is 5.68. The van der Waals surface area contributed by atoms with E-state index in [0.717, 1.165) is 12.1 Å². The maximum atomic E-state index is 13.0. The molecule has 0 amide bonds. The average molecular weight is 267 g/mol. The lowest BCUT2D eigenvalue weighted by molar-refractivity contribution is 0.619. The molecule has 0 radical (unpaired) electrons. The highest BCUT2D eigenvalue weighted by Gasteiger charge is 2.19. The lowest BCUT2D eigenvalue weighted by Gasteiger charge is -2.04. The van der Waals surface area contributed by atoms with Crippen molar-refractivity contribution in [2.75, 3.05) is 0 Å². The molecule has 4 heteroatoms. The number of rotatable bonds is 0. The van der Waals surface area contributed by atoms with Gasteiger partial charge in [-0.3, -0.25) is 0 Å². The van der Waals surface area contributed by atoms with Gasteiger partial charge in [0.05, 0.1) is 4.47 Å². The minimum atomic E-state index is -0.176. The molecule has 0 spiro atoms. The summed E-state index contributed by atoms with van der Waals surface area (Å²) in [5.41, 5.74) is 2.27. The second kappa shape index (κ2) is 3.95. The van der Waals surface area contributed by atoms with E-state index in [1.807, 2.05) is 6.07 Å². The normalized spacial score (nSPS) is 19.5. The fourth-order valence-corrected chi connectivity index (χ4v) is 1.89. The highest BCUT2D eigenvalue weighted by molar-refractivity contribution is 9.10. The van der Waals surface area contributed by atoms with Crippen LogP contribution in [-0.4, -0.2) is 0 Å². The topological polar surface area (TPSA) is 12.0 Å². The summed E-state index contributed by atoms with van der Waals surface area (Å²) >= 11 is 3.17. The van der Waals surface area contributed by atoms with E-state index >= 15 is 0 Å². The van der Waals surface area contributed by atoms with Gasteiger partial charge < -0.3 is 5.32 Å². The molecule has 0 aromatic heterocycles. The molecule has 13 heavy (non-hydrogen) atoms. The molecule has 1 aliphatic rings. The largest absolute Gasteiger partial charge is 0.306 e. The summed E-state index contributed by atoms with van der Waals surface area (Å²) in [5.74, 6) is -0.176. The van der Waals surface area contributed by atoms with Gasteiger partial charge in [-0.25, -0.2) is 4.39 Å². The molecule has 1 nitrogen and oxygen atoms in total. The summed E-state index contributed by atoms with van der Waals surface area (Å²) in [4.78, 5) is 0. The third-order valence-corrected chi connectivity index (χ3v) is 2.86. The van der Waals surface area contributed by atoms with Crippen molar-refractivity contribution < 1.29 is 4.39 Å². The Hall–Kier alpha value is -0.120. The predicted octanol–water partition coefficient (Wildman–Crippen LogP) is 3.17. The predicted molar refractivity (Wildman–Crippen MR) is 56.6 cm³/mol. The molecule has 1 aliphatic heterocycles. The minimum Gasteiger partial charge on any atom is -0.306 e. The third-order valence-electron chi connectivity index (χ3n) is 2.25. The van der Waals surface area contributed by atoms with E-state index in [1.165, 1.54) is 5.56 Å². The van der Waals surface area contributed by atoms with Crippen LogP contribution in [0.25, 0.3) is 0 Å². The summed E-state index contributed by atoms with van der Waals surface area (Å²) in [6.07, 6.45) is 0. The summed E-state index contributed by atoms with van der Waals surface area (Å²) in [6.45, 7) is 2.86. The van der Waals surface area contributed by atoms with Gasteiger partial charge in [-0.05, 0) is 46.1 Å². The van der Waals surface area contributed by atoms with Gasteiger partial charge in [0.1, 0.15) is 5.82 Å². The Bertz CT molecular complexity index is 330.